The van der Waals surface area contributed by atoms with Gasteiger partial charge in [-0.15, -0.1) is 11.3 Å². The summed E-state index contributed by atoms with van der Waals surface area (Å²) in [5.41, 5.74) is 0. The Bertz CT molecular complexity index is 571. The van der Waals surface area contributed by atoms with Crippen LogP contribution in [0.15, 0.2) is 17.8 Å². The van der Waals surface area contributed by atoms with Crippen LogP contribution in [-0.2, 0) is 16.8 Å². The molecule has 0 fully saturated rings. The van der Waals surface area contributed by atoms with Crippen LogP contribution in [0.2, 0.25) is 0 Å². The zero-order valence-electron chi connectivity index (χ0n) is 7.86. The van der Waals surface area contributed by atoms with Crippen molar-refractivity contribution in [2.24, 2.45) is 0 Å². The number of rotatable bonds is 3. The van der Waals surface area contributed by atoms with Crippen molar-refractivity contribution in [2.45, 2.75) is 6.54 Å². The Morgan fingerprint density at radius 2 is 2.40 bits per heavy atom. The molecule has 0 aliphatic heterocycles. The fourth-order valence-corrected chi connectivity index (χ4v) is 2.18. The average molecular weight is 247 g/mol. The number of aromatic nitrogens is 2. The SMILES string of the molecule is CN(Cc1ncc2sccn12)S(=O)(=O)O. The van der Waals surface area contributed by atoms with Crippen molar-refractivity contribution in [3.8, 4) is 0 Å². The first kappa shape index (κ1) is 10.6. The normalized spacial score (nSPS) is 12.7. The highest BCUT2D eigenvalue weighted by Gasteiger charge is 2.16. The quantitative estimate of drug-likeness (QED) is 0.807. The van der Waals surface area contributed by atoms with Gasteiger partial charge >= 0.3 is 10.3 Å². The van der Waals surface area contributed by atoms with Gasteiger partial charge in [-0.05, 0) is 0 Å². The maximum atomic E-state index is 10.8. The third kappa shape index (κ3) is 2.02. The highest BCUT2D eigenvalue weighted by Crippen LogP contribution is 2.14. The molecule has 0 atom stereocenters. The summed E-state index contributed by atoms with van der Waals surface area (Å²) in [5, 5.41) is 1.88. The zero-order valence-corrected chi connectivity index (χ0v) is 9.49. The van der Waals surface area contributed by atoms with Crippen molar-refractivity contribution in [1.82, 2.24) is 13.7 Å². The lowest BCUT2D eigenvalue weighted by Gasteiger charge is -2.10. The van der Waals surface area contributed by atoms with E-state index >= 15 is 0 Å². The van der Waals surface area contributed by atoms with Crippen molar-refractivity contribution < 1.29 is 13.0 Å². The van der Waals surface area contributed by atoms with Crippen LogP contribution in [0.5, 0.6) is 0 Å². The van der Waals surface area contributed by atoms with Gasteiger partial charge in [0.15, 0.2) is 0 Å². The minimum atomic E-state index is -4.15. The Labute approximate surface area is 90.7 Å². The molecule has 8 heteroatoms. The summed E-state index contributed by atoms with van der Waals surface area (Å²) in [6.45, 7) is 0.0454. The first-order chi connectivity index (χ1) is 6.98. The van der Waals surface area contributed by atoms with Gasteiger partial charge in [-0.3, -0.25) is 8.95 Å². The van der Waals surface area contributed by atoms with E-state index in [1.807, 2.05) is 5.38 Å². The van der Waals surface area contributed by atoms with Gasteiger partial charge in [-0.25, -0.2) is 4.98 Å². The third-order valence-corrected chi connectivity index (χ3v) is 3.71. The van der Waals surface area contributed by atoms with Crippen LogP contribution in [0.25, 0.3) is 4.83 Å². The van der Waals surface area contributed by atoms with Gasteiger partial charge in [0.25, 0.3) is 0 Å². The predicted octanol–water partition coefficient (Wildman–Crippen LogP) is 0.630. The first-order valence-electron chi connectivity index (χ1n) is 4.06. The van der Waals surface area contributed by atoms with Crippen molar-refractivity contribution in [3.05, 3.63) is 23.6 Å². The van der Waals surface area contributed by atoms with Crippen LogP contribution in [0.3, 0.4) is 0 Å². The molecule has 0 bridgehead atoms. The van der Waals surface area contributed by atoms with Gasteiger partial charge in [0.2, 0.25) is 0 Å². The predicted molar refractivity (Wildman–Crippen MR) is 56.1 cm³/mol. The molecule has 0 unspecified atom stereocenters. The Balaban J connectivity index is 2.30. The van der Waals surface area contributed by atoms with Gasteiger partial charge in [0.1, 0.15) is 10.7 Å². The molecular formula is C7H9N3O3S2. The van der Waals surface area contributed by atoms with E-state index in [0.29, 0.717) is 5.82 Å². The molecule has 2 aromatic rings. The molecule has 2 rings (SSSR count). The van der Waals surface area contributed by atoms with Crippen molar-refractivity contribution in [2.75, 3.05) is 7.05 Å². The summed E-state index contributed by atoms with van der Waals surface area (Å²) in [6, 6.07) is 0. The molecule has 0 saturated carbocycles. The second-order valence-electron chi connectivity index (χ2n) is 3.02. The van der Waals surface area contributed by atoms with Gasteiger partial charge in [0.05, 0.1) is 12.7 Å². The number of thiazole rings is 1. The molecule has 2 heterocycles. The van der Waals surface area contributed by atoms with Crippen LogP contribution in [-0.4, -0.2) is 33.7 Å². The highest BCUT2D eigenvalue weighted by atomic mass is 32.2. The Hall–Kier alpha value is -0.960. The minimum Gasteiger partial charge on any atom is -0.293 e. The molecule has 6 nitrogen and oxygen atoms in total. The lowest BCUT2D eigenvalue weighted by atomic mass is 10.6. The Morgan fingerprint density at radius 3 is 3.07 bits per heavy atom. The second-order valence-corrected chi connectivity index (χ2v) is 5.46. The van der Waals surface area contributed by atoms with Gasteiger partial charge in [-0.1, -0.05) is 0 Å². The highest BCUT2D eigenvalue weighted by molar-refractivity contribution is 7.83. The summed E-state index contributed by atoms with van der Waals surface area (Å²) in [6.07, 6.45) is 3.47. The molecule has 0 saturated heterocycles. The minimum absolute atomic E-state index is 0.0454. The average Bonchev–Trinajstić information content (AvgIpc) is 2.67. The molecule has 1 N–H and O–H groups in total. The Morgan fingerprint density at radius 1 is 1.67 bits per heavy atom. The van der Waals surface area contributed by atoms with E-state index in [9.17, 15) is 8.42 Å². The molecule has 0 radical (unpaired) electrons. The number of nitrogens with zero attached hydrogens (tertiary/aromatic N) is 3. The molecule has 0 aliphatic rings. The lowest BCUT2D eigenvalue weighted by molar-refractivity contribution is 0.378. The number of fused-ring (bicyclic) bond motifs is 1. The van der Waals surface area contributed by atoms with E-state index in [2.05, 4.69) is 4.98 Å². The first-order valence-corrected chi connectivity index (χ1v) is 6.34. The molecule has 0 aliphatic carbocycles. The zero-order chi connectivity index (χ0) is 11.1. The molecule has 15 heavy (non-hydrogen) atoms. The van der Waals surface area contributed by atoms with E-state index in [0.717, 1.165) is 9.14 Å². The summed E-state index contributed by atoms with van der Waals surface area (Å²) in [5.74, 6) is 0.575. The summed E-state index contributed by atoms with van der Waals surface area (Å²) in [7, 11) is -2.85. The number of hydrogen-bond acceptors (Lipinski definition) is 4. The molecule has 2 aromatic heterocycles. The summed E-state index contributed by atoms with van der Waals surface area (Å²) >= 11 is 1.51. The lowest BCUT2D eigenvalue weighted by Crippen LogP contribution is -2.26. The maximum absolute atomic E-state index is 10.8. The fourth-order valence-electron chi connectivity index (χ4n) is 1.19. The van der Waals surface area contributed by atoms with Crippen LogP contribution < -0.4 is 0 Å². The largest absolute Gasteiger partial charge is 0.336 e. The second kappa shape index (κ2) is 3.56. The monoisotopic (exact) mass is 247 g/mol. The van der Waals surface area contributed by atoms with E-state index in [1.54, 1.807) is 16.8 Å². The maximum Gasteiger partial charge on any atom is 0.336 e. The van der Waals surface area contributed by atoms with Gasteiger partial charge in [0, 0.05) is 18.6 Å². The molecular weight excluding hydrogens is 238 g/mol. The standard InChI is InChI=1S/C7H9N3O3S2/c1-9(15(11,12)13)5-6-8-4-7-10(6)2-3-14-7/h2-4H,5H2,1H3,(H,11,12,13). The van der Waals surface area contributed by atoms with Crippen molar-refractivity contribution >= 4 is 26.5 Å². The smallest absolute Gasteiger partial charge is 0.293 e. The third-order valence-electron chi connectivity index (χ3n) is 2.00. The topological polar surface area (TPSA) is 74.9 Å². The van der Waals surface area contributed by atoms with Crippen molar-refractivity contribution in [1.29, 1.82) is 0 Å². The van der Waals surface area contributed by atoms with Gasteiger partial charge in [-0.2, -0.15) is 12.7 Å². The summed E-state index contributed by atoms with van der Waals surface area (Å²) in [4.78, 5) is 5.00. The van der Waals surface area contributed by atoms with E-state index in [4.69, 9.17) is 4.55 Å². The van der Waals surface area contributed by atoms with E-state index in [1.165, 1.54) is 18.4 Å². The number of hydrogen-bond donors (Lipinski definition) is 1. The summed E-state index contributed by atoms with van der Waals surface area (Å²) < 4.78 is 32.9. The Kier molecular flexibility index (Phi) is 2.51. The van der Waals surface area contributed by atoms with Gasteiger partial charge < -0.3 is 0 Å². The van der Waals surface area contributed by atoms with Crippen LogP contribution in [0, 0.1) is 0 Å². The van der Waals surface area contributed by atoms with E-state index in [-0.39, 0.29) is 6.54 Å². The van der Waals surface area contributed by atoms with E-state index < -0.39 is 10.3 Å². The number of imidazole rings is 1. The molecule has 82 valence electrons. The molecule has 0 amide bonds. The van der Waals surface area contributed by atoms with Crippen molar-refractivity contribution in [3.63, 3.8) is 0 Å². The van der Waals surface area contributed by atoms with Crippen LogP contribution in [0.1, 0.15) is 5.82 Å². The van der Waals surface area contributed by atoms with Crippen LogP contribution >= 0.6 is 11.3 Å². The fraction of sp³-hybridized carbons (Fsp3) is 0.286. The van der Waals surface area contributed by atoms with Crippen LogP contribution in [0.4, 0.5) is 0 Å². The molecule has 0 aromatic carbocycles. The molecule has 0 spiro atoms.